The summed E-state index contributed by atoms with van der Waals surface area (Å²) in [6, 6.07) is 4.95. The van der Waals surface area contributed by atoms with Crippen LogP contribution in [-0.4, -0.2) is 26.2 Å². The fourth-order valence-electron chi connectivity index (χ4n) is 1.71. The lowest BCUT2D eigenvalue weighted by molar-refractivity contribution is -0.388. The highest BCUT2D eigenvalue weighted by Gasteiger charge is 2.18. The van der Waals surface area contributed by atoms with Gasteiger partial charge < -0.3 is 5.32 Å². The highest BCUT2D eigenvalue weighted by atomic mass is 32.2. The van der Waals surface area contributed by atoms with Crippen LogP contribution in [0.25, 0.3) is 0 Å². The van der Waals surface area contributed by atoms with Crippen molar-refractivity contribution in [2.75, 3.05) is 11.9 Å². The van der Waals surface area contributed by atoms with Crippen LogP contribution in [0.5, 0.6) is 0 Å². The molecule has 0 fully saturated rings. The van der Waals surface area contributed by atoms with Crippen molar-refractivity contribution in [1.82, 2.24) is 14.8 Å². The molecule has 20 heavy (non-hydrogen) atoms. The lowest BCUT2D eigenvalue weighted by Gasteiger charge is -2.06. The first-order valence-corrected chi connectivity index (χ1v) is 6.90. The van der Waals surface area contributed by atoms with E-state index < -0.39 is 4.92 Å². The molecule has 0 spiro atoms. The van der Waals surface area contributed by atoms with Crippen LogP contribution in [0.1, 0.15) is 12.6 Å². The maximum atomic E-state index is 11.1. The van der Waals surface area contributed by atoms with Crippen molar-refractivity contribution in [3.05, 3.63) is 34.0 Å². The van der Waals surface area contributed by atoms with Gasteiger partial charge in [0.25, 0.3) is 0 Å². The van der Waals surface area contributed by atoms with E-state index in [2.05, 4.69) is 15.4 Å². The molecule has 2 aromatic heterocycles. The second kappa shape index (κ2) is 5.91. The van der Waals surface area contributed by atoms with Crippen LogP contribution in [0.2, 0.25) is 0 Å². The Bertz CT molecular complexity index is 641. The maximum absolute atomic E-state index is 11.1. The van der Waals surface area contributed by atoms with Gasteiger partial charge in [-0.15, -0.1) is 0 Å². The van der Waals surface area contributed by atoms with E-state index in [4.69, 9.17) is 0 Å². The summed E-state index contributed by atoms with van der Waals surface area (Å²) < 4.78 is 1.69. The van der Waals surface area contributed by atoms with Gasteiger partial charge in [-0.25, -0.2) is 4.98 Å². The van der Waals surface area contributed by atoms with Crippen molar-refractivity contribution in [3.63, 3.8) is 0 Å². The van der Waals surface area contributed by atoms with Crippen LogP contribution in [0.15, 0.2) is 28.3 Å². The fourth-order valence-corrected chi connectivity index (χ4v) is 2.70. The topological polar surface area (TPSA) is 85.9 Å². The van der Waals surface area contributed by atoms with Crippen LogP contribution in [0, 0.1) is 17.0 Å². The molecule has 0 aliphatic heterocycles. The first-order valence-electron chi connectivity index (χ1n) is 6.09. The van der Waals surface area contributed by atoms with Gasteiger partial charge in [-0.1, -0.05) is 0 Å². The van der Waals surface area contributed by atoms with Crippen LogP contribution < -0.4 is 5.32 Å². The van der Waals surface area contributed by atoms with Gasteiger partial charge in [0.15, 0.2) is 5.03 Å². The number of nitro groups is 1. The number of aromatic nitrogens is 3. The monoisotopic (exact) mass is 293 g/mol. The Morgan fingerprint density at radius 1 is 1.50 bits per heavy atom. The Morgan fingerprint density at radius 2 is 2.25 bits per heavy atom. The van der Waals surface area contributed by atoms with E-state index in [0.29, 0.717) is 17.4 Å². The first-order chi connectivity index (χ1) is 9.51. The highest BCUT2D eigenvalue weighted by Crippen LogP contribution is 2.34. The molecule has 0 bridgehead atoms. The molecule has 8 heteroatoms. The third-order valence-electron chi connectivity index (χ3n) is 2.56. The highest BCUT2D eigenvalue weighted by molar-refractivity contribution is 7.99. The summed E-state index contributed by atoms with van der Waals surface area (Å²) in [4.78, 5) is 15.0. The van der Waals surface area contributed by atoms with E-state index in [9.17, 15) is 10.1 Å². The predicted molar refractivity (Wildman–Crippen MR) is 77.1 cm³/mol. The molecule has 0 radical (unpaired) electrons. The zero-order chi connectivity index (χ0) is 14.7. The zero-order valence-electron chi connectivity index (χ0n) is 11.5. The van der Waals surface area contributed by atoms with Gasteiger partial charge in [-0.3, -0.25) is 14.8 Å². The predicted octanol–water partition coefficient (Wildman–Crippen LogP) is 2.61. The number of nitrogens with one attached hydrogen (secondary N) is 1. The Morgan fingerprint density at radius 3 is 2.80 bits per heavy atom. The minimum absolute atomic E-state index is 0.00416. The molecule has 2 aromatic rings. The van der Waals surface area contributed by atoms with Crippen LogP contribution >= 0.6 is 11.8 Å². The summed E-state index contributed by atoms with van der Waals surface area (Å²) in [5, 5.41) is 19.5. The van der Waals surface area contributed by atoms with Gasteiger partial charge in [0.2, 0.25) is 0 Å². The average molecular weight is 293 g/mol. The van der Waals surface area contributed by atoms with E-state index >= 15 is 0 Å². The Kier molecular flexibility index (Phi) is 4.23. The number of anilines is 1. The zero-order valence-corrected chi connectivity index (χ0v) is 12.3. The van der Waals surface area contributed by atoms with Crippen LogP contribution in [-0.2, 0) is 7.05 Å². The summed E-state index contributed by atoms with van der Waals surface area (Å²) in [7, 11) is 1.80. The molecule has 0 saturated heterocycles. The van der Waals surface area contributed by atoms with E-state index in [1.54, 1.807) is 17.8 Å². The third kappa shape index (κ3) is 3.08. The van der Waals surface area contributed by atoms with Crippen molar-refractivity contribution in [3.8, 4) is 0 Å². The molecule has 0 unspecified atom stereocenters. The number of hydrogen-bond acceptors (Lipinski definition) is 6. The summed E-state index contributed by atoms with van der Waals surface area (Å²) in [6.07, 6.45) is 0. The van der Waals surface area contributed by atoms with Crippen molar-refractivity contribution >= 4 is 23.3 Å². The number of hydrogen-bond donors (Lipinski definition) is 1. The van der Waals surface area contributed by atoms with Gasteiger partial charge in [-0.05, 0) is 37.7 Å². The first kappa shape index (κ1) is 14.3. The number of rotatable bonds is 5. The number of aryl methyl sites for hydroxylation is 2. The Hall–Kier alpha value is -2.09. The molecule has 2 heterocycles. The summed E-state index contributed by atoms with van der Waals surface area (Å²) in [6.45, 7) is 4.53. The Balaban J connectivity index is 2.39. The molecular weight excluding hydrogens is 278 g/mol. The number of nitrogens with zero attached hydrogens (tertiary/aromatic N) is 4. The van der Waals surface area contributed by atoms with Crippen molar-refractivity contribution in [2.45, 2.75) is 23.9 Å². The van der Waals surface area contributed by atoms with Gasteiger partial charge in [0.1, 0.15) is 10.8 Å². The average Bonchev–Trinajstić information content (AvgIpc) is 2.68. The summed E-state index contributed by atoms with van der Waals surface area (Å²) in [5.74, 6) is 0.625. The molecule has 7 nitrogen and oxygen atoms in total. The molecule has 0 saturated carbocycles. The van der Waals surface area contributed by atoms with Crippen molar-refractivity contribution in [2.24, 2.45) is 7.05 Å². The maximum Gasteiger partial charge on any atom is 0.301 e. The van der Waals surface area contributed by atoms with Gasteiger partial charge >= 0.3 is 5.69 Å². The quantitative estimate of drug-likeness (QED) is 0.673. The molecule has 1 N–H and O–H groups in total. The molecule has 0 atom stereocenters. The van der Waals surface area contributed by atoms with Crippen LogP contribution in [0.3, 0.4) is 0 Å². The third-order valence-corrected chi connectivity index (χ3v) is 3.64. The standard InChI is InChI=1S/C12H15N5O2S/c1-4-13-10-6-5-9(17(18)19)12(14-10)20-11-7-8(2)15-16(11)3/h5-7H,4H2,1-3H3,(H,13,14). The second-order valence-corrected chi connectivity index (χ2v) is 5.17. The minimum atomic E-state index is -0.422. The molecule has 2 rings (SSSR count). The second-order valence-electron chi connectivity index (χ2n) is 4.16. The number of pyridine rings is 1. The molecule has 0 aromatic carbocycles. The van der Waals surface area contributed by atoms with E-state index in [1.807, 2.05) is 19.9 Å². The fraction of sp³-hybridized carbons (Fsp3) is 0.333. The smallest absolute Gasteiger partial charge is 0.301 e. The van der Waals surface area contributed by atoms with E-state index in [-0.39, 0.29) is 5.69 Å². The molecule has 0 aliphatic rings. The van der Waals surface area contributed by atoms with E-state index in [1.165, 1.54) is 17.8 Å². The van der Waals surface area contributed by atoms with Gasteiger partial charge in [0, 0.05) is 19.7 Å². The molecular formula is C12H15N5O2S. The SMILES string of the molecule is CCNc1ccc([N+](=O)[O-])c(Sc2cc(C)nn2C)n1. The summed E-state index contributed by atoms with van der Waals surface area (Å²) in [5.41, 5.74) is 0.857. The van der Waals surface area contributed by atoms with Gasteiger partial charge in [0.05, 0.1) is 10.6 Å². The van der Waals surface area contributed by atoms with Crippen molar-refractivity contribution < 1.29 is 4.92 Å². The van der Waals surface area contributed by atoms with Crippen molar-refractivity contribution in [1.29, 1.82) is 0 Å². The molecule has 0 aliphatic carbocycles. The summed E-state index contributed by atoms with van der Waals surface area (Å²) >= 11 is 1.24. The van der Waals surface area contributed by atoms with Gasteiger partial charge in [-0.2, -0.15) is 5.10 Å². The molecule has 0 amide bonds. The largest absolute Gasteiger partial charge is 0.370 e. The van der Waals surface area contributed by atoms with E-state index in [0.717, 1.165) is 10.7 Å². The lowest BCUT2D eigenvalue weighted by atomic mass is 10.4. The Labute approximate surface area is 120 Å². The normalized spacial score (nSPS) is 10.6. The minimum Gasteiger partial charge on any atom is -0.370 e. The lowest BCUT2D eigenvalue weighted by Crippen LogP contribution is -2.02. The molecule has 106 valence electrons. The van der Waals surface area contributed by atoms with Crippen LogP contribution in [0.4, 0.5) is 11.5 Å².